The molecule has 0 radical (unpaired) electrons. The summed E-state index contributed by atoms with van der Waals surface area (Å²) in [6.45, 7) is 6.91. The van der Waals surface area contributed by atoms with Gasteiger partial charge in [-0.15, -0.1) is 0 Å². The summed E-state index contributed by atoms with van der Waals surface area (Å²) in [6, 6.07) is 1.71. The van der Waals surface area contributed by atoms with Crippen molar-refractivity contribution in [3.05, 3.63) is 33.1 Å². The molecular formula is C8H8N2O. The maximum absolute atomic E-state index is 11.0. The second kappa shape index (κ2) is 2.96. The van der Waals surface area contributed by atoms with Crippen LogP contribution in [-0.2, 0) is 0 Å². The summed E-state index contributed by atoms with van der Waals surface area (Å²) in [5, 5.41) is 1.11. The Morgan fingerprint density at radius 3 is 2.91 bits per heavy atom. The van der Waals surface area contributed by atoms with Crippen molar-refractivity contribution in [2.75, 3.05) is 0 Å². The van der Waals surface area contributed by atoms with Crippen LogP contribution in [0.5, 0.6) is 0 Å². The largest absolute Gasteiger partial charge is 0.329 e. The zero-order chi connectivity index (χ0) is 8.27. The topological polar surface area (TPSA) is 45.2 Å². The van der Waals surface area contributed by atoms with Gasteiger partial charge in [0.2, 0.25) is 0 Å². The number of pyridine rings is 1. The molecular weight excluding hydrogens is 140 g/mol. The van der Waals surface area contributed by atoms with E-state index in [1.807, 2.05) is 0 Å². The Morgan fingerprint density at radius 1 is 1.64 bits per heavy atom. The number of H-pyrrole nitrogens is 1. The van der Waals surface area contributed by atoms with Gasteiger partial charge in [0.25, 0.3) is 5.56 Å². The van der Waals surface area contributed by atoms with Crippen LogP contribution in [0.3, 0.4) is 0 Å². The zero-order valence-corrected chi connectivity index (χ0v) is 6.00. The maximum atomic E-state index is 11.0. The van der Waals surface area contributed by atoms with E-state index < -0.39 is 0 Å². The van der Waals surface area contributed by atoms with E-state index in [1.165, 1.54) is 6.20 Å². The number of aliphatic imine (C=N–C) groups is 1. The van der Waals surface area contributed by atoms with Gasteiger partial charge in [-0.1, -0.05) is 6.58 Å². The summed E-state index contributed by atoms with van der Waals surface area (Å²) in [7, 11) is 0. The van der Waals surface area contributed by atoms with Crippen LogP contribution in [0.1, 0.15) is 0 Å². The van der Waals surface area contributed by atoms with Gasteiger partial charge in [0.05, 0.1) is 5.22 Å². The van der Waals surface area contributed by atoms with E-state index in [2.05, 4.69) is 23.3 Å². The molecule has 0 amide bonds. The van der Waals surface area contributed by atoms with Crippen molar-refractivity contribution in [3.8, 4) is 0 Å². The van der Waals surface area contributed by atoms with Crippen molar-refractivity contribution in [2.24, 2.45) is 4.99 Å². The maximum Gasteiger partial charge on any atom is 0.257 e. The Hall–Kier alpha value is -1.64. The van der Waals surface area contributed by atoms with E-state index in [0.29, 0.717) is 10.4 Å². The highest BCUT2D eigenvalue weighted by Gasteiger charge is 1.85. The number of aromatic nitrogens is 1. The predicted octanol–water partition coefficient (Wildman–Crippen LogP) is -0.776. The van der Waals surface area contributed by atoms with Crippen molar-refractivity contribution in [1.29, 1.82) is 0 Å². The van der Waals surface area contributed by atoms with Crippen LogP contribution in [0.2, 0.25) is 0 Å². The first kappa shape index (κ1) is 7.47. The van der Waals surface area contributed by atoms with Crippen LogP contribution in [0.15, 0.2) is 22.1 Å². The third-order valence-electron chi connectivity index (χ3n) is 1.31. The first-order chi connectivity index (χ1) is 5.25. The van der Waals surface area contributed by atoms with Crippen LogP contribution < -0.4 is 16.0 Å². The van der Waals surface area contributed by atoms with Crippen molar-refractivity contribution in [3.63, 3.8) is 0 Å². The summed E-state index contributed by atoms with van der Waals surface area (Å²) < 4.78 is 0. The fraction of sp³-hybridized carbons (Fsp3) is 0. The number of aromatic amines is 1. The van der Waals surface area contributed by atoms with Crippen LogP contribution in [0.4, 0.5) is 0 Å². The summed E-state index contributed by atoms with van der Waals surface area (Å²) in [5.74, 6) is 0. The predicted molar refractivity (Wildman–Crippen MR) is 45.8 cm³/mol. The van der Waals surface area contributed by atoms with Crippen molar-refractivity contribution in [1.82, 2.24) is 4.98 Å². The van der Waals surface area contributed by atoms with Gasteiger partial charge in [-0.25, -0.2) is 0 Å². The lowest BCUT2D eigenvalue weighted by Crippen LogP contribution is -2.38. The summed E-state index contributed by atoms with van der Waals surface area (Å²) in [4.78, 5) is 17.0. The Kier molecular flexibility index (Phi) is 2.01. The van der Waals surface area contributed by atoms with Crippen LogP contribution in [0, 0.1) is 0 Å². The Labute approximate surface area is 63.4 Å². The van der Waals surface area contributed by atoms with Crippen molar-refractivity contribution >= 4 is 19.5 Å². The van der Waals surface area contributed by atoms with Gasteiger partial charge in [-0.05, 0) is 18.0 Å². The zero-order valence-electron chi connectivity index (χ0n) is 6.00. The second-order valence-corrected chi connectivity index (χ2v) is 2.06. The summed E-state index contributed by atoms with van der Waals surface area (Å²) in [6.07, 6.45) is 2.94. The average Bonchev–Trinajstić information content (AvgIpc) is 1.97. The number of hydrogen-bond acceptors (Lipinski definition) is 2. The fourth-order valence-corrected chi connectivity index (χ4v) is 0.764. The second-order valence-electron chi connectivity index (χ2n) is 2.06. The molecule has 1 heterocycles. The Morgan fingerprint density at radius 2 is 2.36 bits per heavy atom. The van der Waals surface area contributed by atoms with Gasteiger partial charge in [-0.2, -0.15) is 0 Å². The first-order valence-electron chi connectivity index (χ1n) is 3.08. The van der Waals surface area contributed by atoms with E-state index in [9.17, 15) is 4.79 Å². The van der Waals surface area contributed by atoms with Crippen LogP contribution in [-0.4, -0.2) is 11.7 Å². The molecule has 1 rings (SSSR count). The molecule has 0 bridgehead atoms. The minimum atomic E-state index is -0.190. The monoisotopic (exact) mass is 148 g/mol. The van der Waals surface area contributed by atoms with Gasteiger partial charge in [0, 0.05) is 12.4 Å². The van der Waals surface area contributed by atoms with E-state index in [4.69, 9.17) is 0 Å². The Balaban J connectivity index is 3.72. The summed E-state index contributed by atoms with van der Waals surface area (Å²) >= 11 is 0. The molecule has 0 saturated heterocycles. The van der Waals surface area contributed by atoms with Gasteiger partial charge in [-0.3, -0.25) is 9.79 Å². The lowest BCUT2D eigenvalue weighted by molar-refractivity contribution is 1.18. The SMILES string of the molecule is C=N/C=c1\c(=C)cc[nH]c1=O. The molecule has 1 aromatic heterocycles. The molecule has 11 heavy (non-hydrogen) atoms. The molecule has 0 aliphatic rings. The summed E-state index contributed by atoms with van der Waals surface area (Å²) in [5.41, 5.74) is -0.190. The van der Waals surface area contributed by atoms with Gasteiger partial charge in [0.15, 0.2) is 0 Å². The molecule has 0 spiro atoms. The van der Waals surface area contributed by atoms with E-state index in [-0.39, 0.29) is 5.56 Å². The highest BCUT2D eigenvalue weighted by molar-refractivity contribution is 5.36. The molecule has 1 aromatic rings. The number of hydrogen-bond donors (Lipinski definition) is 1. The van der Waals surface area contributed by atoms with E-state index >= 15 is 0 Å². The highest BCUT2D eigenvalue weighted by atomic mass is 16.1. The lowest BCUT2D eigenvalue weighted by Gasteiger charge is -1.83. The number of nitrogens with zero attached hydrogens (tertiary/aromatic N) is 1. The molecule has 0 aliphatic carbocycles. The smallest absolute Gasteiger partial charge is 0.257 e. The molecule has 0 fully saturated rings. The highest BCUT2D eigenvalue weighted by Crippen LogP contribution is 1.59. The average molecular weight is 148 g/mol. The standard InChI is InChI=1S/C8H8N2O/c1-6-3-4-10-8(11)7(6)5-9-2/h3-5H,1-2H2,(H,10,11)/b7-5+. The first-order valence-corrected chi connectivity index (χ1v) is 3.08. The minimum Gasteiger partial charge on any atom is -0.329 e. The molecule has 0 atom stereocenters. The minimum absolute atomic E-state index is 0.190. The molecule has 3 heteroatoms. The molecule has 0 unspecified atom stereocenters. The van der Waals surface area contributed by atoms with Gasteiger partial charge in [0.1, 0.15) is 0 Å². The molecule has 0 saturated carbocycles. The molecule has 56 valence electrons. The molecule has 1 N–H and O–H groups in total. The van der Waals surface area contributed by atoms with E-state index in [1.54, 1.807) is 12.3 Å². The number of nitrogens with one attached hydrogen (secondary N) is 1. The Bertz CT molecular complexity index is 385. The molecule has 3 nitrogen and oxygen atoms in total. The van der Waals surface area contributed by atoms with Gasteiger partial charge < -0.3 is 4.98 Å². The third-order valence-corrected chi connectivity index (χ3v) is 1.31. The molecule has 0 aliphatic heterocycles. The van der Waals surface area contributed by atoms with Gasteiger partial charge >= 0.3 is 0 Å². The quantitative estimate of drug-likeness (QED) is 0.522. The lowest BCUT2D eigenvalue weighted by atomic mass is 10.3. The molecule has 0 aromatic carbocycles. The van der Waals surface area contributed by atoms with E-state index in [0.717, 1.165) is 0 Å². The van der Waals surface area contributed by atoms with Crippen molar-refractivity contribution < 1.29 is 0 Å². The number of rotatable bonds is 1. The fourth-order valence-electron chi connectivity index (χ4n) is 0.764. The van der Waals surface area contributed by atoms with Crippen LogP contribution in [0.25, 0.3) is 12.8 Å². The normalized spacial score (nSPS) is 11.5. The van der Waals surface area contributed by atoms with Crippen LogP contribution >= 0.6 is 0 Å². The third kappa shape index (κ3) is 1.43. The van der Waals surface area contributed by atoms with Crippen molar-refractivity contribution in [2.45, 2.75) is 0 Å².